The van der Waals surface area contributed by atoms with Crippen molar-refractivity contribution >= 4 is 17.6 Å². The van der Waals surface area contributed by atoms with Crippen molar-refractivity contribution in [3.63, 3.8) is 0 Å². The van der Waals surface area contributed by atoms with Gasteiger partial charge in [-0.2, -0.15) is 0 Å². The molecule has 0 saturated heterocycles. The molecule has 1 rings (SSSR count). The van der Waals surface area contributed by atoms with Gasteiger partial charge in [0.25, 0.3) is 5.91 Å². The quantitative estimate of drug-likeness (QED) is 0.772. The summed E-state index contributed by atoms with van der Waals surface area (Å²) >= 11 is 0. The fraction of sp³-hybridized carbons (Fsp3) is 0.429. The van der Waals surface area contributed by atoms with Gasteiger partial charge in [0.2, 0.25) is 0 Å². The number of nitrogens with zero attached hydrogens (tertiary/aromatic N) is 1. The SMILES string of the molecule is COc1ccc(C(=O)N(CCC(=O)O)C(C)C)c(N)c1. The summed E-state index contributed by atoms with van der Waals surface area (Å²) in [5.74, 6) is -0.645. The Morgan fingerprint density at radius 3 is 2.50 bits per heavy atom. The van der Waals surface area contributed by atoms with Crippen molar-refractivity contribution in [1.29, 1.82) is 0 Å². The number of carbonyl (C=O) groups is 2. The maximum Gasteiger partial charge on any atom is 0.305 e. The topological polar surface area (TPSA) is 92.9 Å². The highest BCUT2D eigenvalue weighted by molar-refractivity contribution is 5.99. The third kappa shape index (κ3) is 3.88. The van der Waals surface area contributed by atoms with Crippen LogP contribution >= 0.6 is 0 Å². The number of carboxylic acids is 1. The molecule has 0 aliphatic rings. The van der Waals surface area contributed by atoms with Gasteiger partial charge in [-0.25, -0.2) is 0 Å². The number of benzene rings is 1. The molecular formula is C14H20N2O4. The van der Waals surface area contributed by atoms with E-state index in [9.17, 15) is 9.59 Å². The fourth-order valence-corrected chi connectivity index (χ4v) is 1.83. The van der Waals surface area contributed by atoms with Crippen LogP contribution in [0, 0.1) is 0 Å². The summed E-state index contributed by atoms with van der Waals surface area (Å²) in [5, 5.41) is 8.74. The number of methoxy groups -OCH3 is 1. The van der Waals surface area contributed by atoms with E-state index in [2.05, 4.69) is 0 Å². The lowest BCUT2D eigenvalue weighted by atomic mass is 10.1. The predicted molar refractivity (Wildman–Crippen MR) is 75.8 cm³/mol. The summed E-state index contributed by atoms with van der Waals surface area (Å²) in [5.41, 5.74) is 6.51. The van der Waals surface area contributed by atoms with E-state index in [-0.39, 0.29) is 24.9 Å². The normalized spacial score (nSPS) is 10.4. The Morgan fingerprint density at radius 2 is 2.05 bits per heavy atom. The molecule has 20 heavy (non-hydrogen) atoms. The summed E-state index contributed by atoms with van der Waals surface area (Å²) in [7, 11) is 1.52. The Balaban J connectivity index is 2.97. The zero-order chi connectivity index (χ0) is 15.3. The molecule has 0 bridgehead atoms. The first-order valence-electron chi connectivity index (χ1n) is 6.33. The van der Waals surface area contributed by atoms with Crippen molar-refractivity contribution < 1.29 is 19.4 Å². The lowest BCUT2D eigenvalue weighted by Gasteiger charge is -2.26. The molecule has 0 radical (unpaired) electrons. The molecule has 3 N–H and O–H groups in total. The Hall–Kier alpha value is -2.24. The van der Waals surface area contributed by atoms with Crippen molar-refractivity contribution in [2.45, 2.75) is 26.3 Å². The molecule has 0 atom stereocenters. The van der Waals surface area contributed by atoms with Gasteiger partial charge in [-0.1, -0.05) is 0 Å². The van der Waals surface area contributed by atoms with E-state index < -0.39 is 5.97 Å². The molecule has 1 aromatic carbocycles. The van der Waals surface area contributed by atoms with Crippen LogP contribution in [0.4, 0.5) is 5.69 Å². The minimum Gasteiger partial charge on any atom is -0.497 e. The second-order valence-electron chi connectivity index (χ2n) is 4.69. The molecular weight excluding hydrogens is 260 g/mol. The zero-order valence-corrected chi connectivity index (χ0v) is 11.9. The van der Waals surface area contributed by atoms with Gasteiger partial charge in [0.15, 0.2) is 0 Å². The second-order valence-corrected chi connectivity index (χ2v) is 4.69. The van der Waals surface area contributed by atoms with Gasteiger partial charge in [0.05, 0.1) is 19.1 Å². The molecule has 0 spiro atoms. The van der Waals surface area contributed by atoms with E-state index in [0.717, 1.165) is 0 Å². The van der Waals surface area contributed by atoms with Crippen LogP contribution < -0.4 is 10.5 Å². The highest BCUT2D eigenvalue weighted by Crippen LogP contribution is 2.22. The molecule has 0 saturated carbocycles. The van der Waals surface area contributed by atoms with Gasteiger partial charge < -0.3 is 20.5 Å². The van der Waals surface area contributed by atoms with Crippen LogP contribution in [0.5, 0.6) is 5.75 Å². The first kappa shape index (κ1) is 15.8. The largest absolute Gasteiger partial charge is 0.497 e. The van der Waals surface area contributed by atoms with Crippen LogP contribution in [0.15, 0.2) is 18.2 Å². The number of anilines is 1. The second kappa shape index (κ2) is 6.79. The first-order chi connectivity index (χ1) is 9.36. The highest BCUT2D eigenvalue weighted by Gasteiger charge is 2.21. The average Bonchev–Trinajstić information content (AvgIpc) is 2.37. The van der Waals surface area contributed by atoms with Gasteiger partial charge in [-0.15, -0.1) is 0 Å². The third-order valence-corrected chi connectivity index (χ3v) is 2.94. The minimum absolute atomic E-state index is 0.0972. The Morgan fingerprint density at radius 1 is 1.40 bits per heavy atom. The monoisotopic (exact) mass is 280 g/mol. The van der Waals surface area contributed by atoms with E-state index in [1.807, 2.05) is 13.8 Å². The van der Waals surface area contributed by atoms with Crippen molar-refractivity contribution in [3.8, 4) is 5.75 Å². The Kier molecular flexibility index (Phi) is 5.37. The number of rotatable bonds is 6. The molecule has 110 valence electrons. The van der Waals surface area contributed by atoms with Gasteiger partial charge in [0.1, 0.15) is 5.75 Å². The third-order valence-electron chi connectivity index (χ3n) is 2.94. The zero-order valence-electron chi connectivity index (χ0n) is 11.9. The molecule has 1 amide bonds. The standard InChI is InChI=1S/C14H20N2O4/c1-9(2)16(7-6-13(17)18)14(19)11-5-4-10(20-3)8-12(11)15/h4-5,8-9H,6-7,15H2,1-3H3,(H,17,18). The van der Waals surface area contributed by atoms with Gasteiger partial charge in [-0.3, -0.25) is 9.59 Å². The van der Waals surface area contributed by atoms with Crippen LogP contribution in [0.3, 0.4) is 0 Å². The van der Waals surface area contributed by atoms with Crippen molar-refractivity contribution in [2.75, 3.05) is 19.4 Å². The maximum absolute atomic E-state index is 12.4. The number of carbonyl (C=O) groups excluding carboxylic acids is 1. The van der Waals surface area contributed by atoms with Crippen molar-refractivity contribution in [3.05, 3.63) is 23.8 Å². The summed E-state index contributed by atoms with van der Waals surface area (Å²) < 4.78 is 5.03. The summed E-state index contributed by atoms with van der Waals surface area (Å²) in [6.45, 7) is 3.82. The van der Waals surface area contributed by atoms with Crippen LogP contribution in [0.1, 0.15) is 30.6 Å². The van der Waals surface area contributed by atoms with E-state index >= 15 is 0 Å². The molecule has 0 heterocycles. The van der Waals surface area contributed by atoms with Crippen LogP contribution in [-0.2, 0) is 4.79 Å². The Labute approximate surface area is 118 Å². The first-order valence-corrected chi connectivity index (χ1v) is 6.33. The van der Waals surface area contributed by atoms with Crippen LogP contribution in [0.25, 0.3) is 0 Å². The fourth-order valence-electron chi connectivity index (χ4n) is 1.83. The molecule has 1 aromatic rings. The summed E-state index contributed by atoms with van der Waals surface area (Å²) in [6, 6.07) is 4.71. The van der Waals surface area contributed by atoms with Crippen molar-refractivity contribution in [2.24, 2.45) is 0 Å². The van der Waals surface area contributed by atoms with Gasteiger partial charge >= 0.3 is 5.97 Å². The van der Waals surface area contributed by atoms with Crippen LogP contribution in [0.2, 0.25) is 0 Å². The number of nitrogens with two attached hydrogens (primary N) is 1. The summed E-state index contributed by atoms with van der Waals surface area (Å²) in [4.78, 5) is 24.6. The van der Waals surface area contributed by atoms with Gasteiger partial charge in [-0.05, 0) is 26.0 Å². The average molecular weight is 280 g/mol. The number of hydrogen-bond donors (Lipinski definition) is 2. The summed E-state index contributed by atoms with van der Waals surface area (Å²) in [6.07, 6.45) is -0.0972. The van der Waals surface area contributed by atoms with E-state index in [0.29, 0.717) is 17.0 Å². The number of nitrogen functional groups attached to an aromatic ring is 1. The number of hydrogen-bond acceptors (Lipinski definition) is 4. The van der Waals surface area contributed by atoms with Gasteiger partial charge in [0, 0.05) is 24.3 Å². The molecule has 6 heteroatoms. The lowest BCUT2D eigenvalue weighted by molar-refractivity contribution is -0.137. The molecule has 0 aromatic heterocycles. The van der Waals surface area contributed by atoms with E-state index in [4.69, 9.17) is 15.6 Å². The highest BCUT2D eigenvalue weighted by atomic mass is 16.5. The van der Waals surface area contributed by atoms with E-state index in [1.165, 1.54) is 12.0 Å². The Bertz CT molecular complexity index is 500. The molecule has 0 fully saturated rings. The molecule has 0 aliphatic carbocycles. The molecule has 0 unspecified atom stereocenters. The molecule has 0 aliphatic heterocycles. The van der Waals surface area contributed by atoms with E-state index in [1.54, 1.807) is 18.2 Å². The minimum atomic E-state index is -0.939. The smallest absolute Gasteiger partial charge is 0.305 e. The number of amides is 1. The predicted octanol–water partition coefficient (Wildman–Crippen LogP) is 1.60. The number of carboxylic acid groups (broad SMARTS) is 1. The van der Waals surface area contributed by atoms with Crippen LogP contribution in [-0.4, -0.2) is 41.6 Å². The number of ether oxygens (including phenoxy) is 1. The maximum atomic E-state index is 12.4. The number of aliphatic carboxylic acids is 1. The lowest BCUT2D eigenvalue weighted by Crippen LogP contribution is -2.38. The molecule has 6 nitrogen and oxygen atoms in total. The van der Waals surface area contributed by atoms with Crippen molar-refractivity contribution in [1.82, 2.24) is 4.90 Å².